The van der Waals surface area contributed by atoms with E-state index in [1.54, 1.807) is 41.6 Å². The van der Waals surface area contributed by atoms with Gasteiger partial charge in [-0.25, -0.2) is 13.6 Å². The highest BCUT2D eigenvalue weighted by molar-refractivity contribution is 7.92. The van der Waals surface area contributed by atoms with E-state index in [0.29, 0.717) is 39.3 Å². The number of fused-ring (bicyclic) bond motifs is 3. The number of carbonyl (C=O) groups is 2. The first-order valence-corrected chi connectivity index (χ1v) is 15.3. The number of amides is 2. The van der Waals surface area contributed by atoms with E-state index < -0.39 is 9.73 Å². The Morgan fingerprint density at radius 1 is 1.15 bits per heavy atom. The van der Waals surface area contributed by atoms with Crippen molar-refractivity contribution in [2.75, 3.05) is 19.8 Å². The van der Waals surface area contributed by atoms with Crippen LogP contribution in [0.2, 0.25) is 10.0 Å². The predicted octanol–water partition coefficient (Wildman–Crippen LogP) is 5.04. The van der Waals surface area contributed by atoms with E-state index >= 15 is 0 Å². The molecule has 206 valence electrons. The molecule has 39 heavy (non-hydrogen) atoms. The molecule has 2 aliphatic rings. The van der Waals surface area contributed by atoms with Crippen molar-refractivity contribution in [2.45, 2.75) is 56.9 Å². The molecule has 0 fully saturated rings. The number of aromatic nitrogens is 3. The molecule has 3 aromatic rings. The summed E-state index contributed by atoms with van der Waals surface area (Å²) in [7, 11) is -1.03. The zero-order valence-electron chi connectivity index (χ0n) is 22.4. The first-order valence-electron chi connectivity index (χ1n) is 12.7. The number of hydrogen-bond donors (Lipinski definition) is 0. The zero-order chi connectivity index (χ0) is 28.2. The first kappa shape index (κ1) is 27.6. The van der Waals surface area contributed by atoms with Gasteiger partial charge >= 0.3 is 0 Å². The third-order valence-electron chi connectivity index (χ3n) is 7.66. The minimum absolute atomic E-state index is 0.0548. The highest BCUT2D eigenvalue weighted by Gasteiger charge is 2.40. The molecule has 0 spiro atoms. The molecule has 9 nitrogen and oxygen atoms in total. The summed E-state index contributed by atoms with van der Waals surface area (Å²) in [5, 5.41) is 5.93. The van der Waals surface area contributed by atoms with Crippen LogP contribution in [-0.2, 0) is 22.7 Å². The Balaban J connectivity index is 1.45. The van der Waals surface area contributed by atoms with E-state index in [1.165, 1.54) is 7.05 Å². The molecule has 0 radical (unpaired) electrons. The van der Waals surface area contributed by atoms with Crippen molar-refractivity contribution in [1.29, 1.82) is 0 Å². The summed E-state index contributed by atoms with van der Waals surface area (Å²) in [5.41, 5.74) is 3.41. The van der Waals surface area contributed by atoms with Gasteiger partial charge in [-0.05, 0) is 50.6 Å². The molecule has 4 atom stereocenters. The van der Waals surface area contributed by atoms with Crippen LogP contribution >= 0.6 is 23.2 Å². The summed E-state index contributed by atoms with van der Waals surface area (Å²) in [6.07, 6.45) is 3.75. The number of halogens is 2. The fourth-order valence-electron chi connectivity index (χ4n) is 5.23. The third-order valence-corrected chi connectivity index (χ3v) is 10.1. The lowest BCUT2D eigenvalue weighted by Gasteiger charge is -2.37. The molecule has 0 aliphatic carbocycles. The van der Waals surface area contributed by atoms with Gasteiger partial charge in [-0.1, -0.05) is 29.3 Å². The van der Waals surface area contributed by atoms with Gasteiger partial charge < -0.3 is 9.80 Å². The van der Waals surface area contributed by atoms with Gasteiger partial charge in [0.25, 0.3) is 11.8 Å². The van der Waals surface area contributed by atoms with Gasteiger partial charge in [0.05, 0.1) is 44.1 Å². The van der Waals surface area contributed by atoms with Crippen molar-refractivity contribution in [3.63, 3.8) is 0 Å². The van der Waals surface area contributed by atoms with Gasteiger partial charge in [0, 0.05) is 49.6 Å². The Kier molecular flexibility index (Phi) is 7.24. The number of nitrogens with zero attached hydrogens (tertiary/aromatic N) is 6. The molecule has 2 aliphatic heterocycles. The Bertz CT molecular complexity index is 1600. The van der Waals surface area contributed by atoms with E-state index in [2.05, 4.69) is 9.35 Å². The molecule has 0 saturated heterocycles. The average molecular weight is 590 g/mol. The maximum Gasteiger partial charge on any atom is 0.273 e. The third kappa shape index (κ3) is 4.83. The second-order valence-corrected chi connectivity index (χ2v) is 13.4. The topological polar surface area (TPSA) is 101 Å². The highest BCUT2D eigenvalue weighted by Crippen LogP contribution is 2.35. The molecule has 4 heterocycles. The van der Waals surface area contributed by atoms with Crippen molar-refractivity contribution in [1.82, 2.24) is 24.6 Å². The number of benzene rings is 1. The Hall–Kier alpha value is -2.95. The van der Waals surface area contributed by atoms with Crippen molar-refractivity contribution >= 4 is 44.7 Å². The Labute approximate surface area is 238 Å². The number of pyridine rings is 1. The van der Waals surface area contributed by atoms with Crippen LogP contribution < -0.4 is 0 Å². The van der Waals surface area contributed by atoms with Crippen LogP contribution in [0.1, 0.15) is 70.5 Å². The maximum atomic E-state index is 13.9. The molecule has 2 aromatic heterocycles. The van der Waals surface area contributed by atoms with Crippen LogP contribution in [0.3, 0.4) is 0 Å². The first-order chi connectivity index (χ1) is 18.4. The molecule has 1 aromatic carbocycles. The predicted molar refractivity (Wildman–Crippen MR) is 151 cm³/mol. The SMILES string of the molecule is CN=[S@](C)(=O)c1ccc([C@@H](C)N2C[C@@H](C)n3nc4c(c3C2=O)CN(C(=O)c2ccc(Cl)c(Cl)c2)[C@H](C)C4)cn1. The minimum Gasteiger partial charge on any atom is -0.331 e. The summed E-state index contributed by atoms with van der Waals surface area (Å²) >= 11 is 12.2. The molecule has 0 saturated carbocycles. The Morgan fingerprint density at radius 2 is 1.90 bits per heavy atom. The normalized spacial score (nSPS) is 21.2. The second-order valence-electron chi connectivity index (χ2n) is 10.2. The molecule has 2 amide bonds. The van der Waals surface area contributed by atoms with Crippen LogP contribution in [0.5, 0.6) is 0 Å². The minimum atomic E-state index is -2.54. The van der Waals surface area contributed by atoms with Gasteiger partial charge in [0.15, 0.2) is 0 Å². The van der Waals surface area contributed by atoms with Crippen molar-refractivity contribution < 1.29 is 13.8 Å². The monoisotopic (exact) mass is 588 g/mol. The smallest absolute Gasteiger partial charge is 0.273 e. The van der Waals surface area contributed by atoms with Gasteiger partial charge in [-0.3, -0.25) is 14.3 Å². The van der Waals surface area contributed by atoms with Crippen LogP contribution in [0.4, 0.5) is 0 Å². The fraction of sp³-hybridized carbons (Fsp3) is 0.407. The summed E-state index contributed by atoms with van der Waals surface area (Å²) in [6, 6.07) is 7.96. The van der Waals surface area contributed by atoms with Gasteiger partial charge in [-0.15, -0.1) is 0 Å². The van der Waals surface area contributed by atoms with Gasteiger partial charge in [0.2, 0.25) is 0 Å². The summed E-state index contributed by atoms with van der Waals surface area (Å²) < 4.78 is 18.3. The molecule has 0 bridgehead atoms. The lowest BCUT2D eigenvalue weighted by molar-refractivity contribution is 0.0574. The van der Waals surface area contributed by atoms with E-state index in [4.69, 9.17) is 28.3 Å². The largest absolute Gasteiger partial charge is 0.331 e. The second kappa shape index (κ2) is 10.2. The van der Waals surface area contributed by atoms with Crippen molar-refractivity contribution in [3.8, 4) is 0 Å². The lowest BCUT2D eigenvalue weighted by Crippen LogP contribution is -2.45. The quantitative estimate of drug-likeness (QED) is 0.425. The average Bonchev–Trinajstić information content (AvgIpc) is 3.30. The van der Waals surface area contributed by atoms with Gasteiger partial charge in [0.1, 0.15) is 10.7 Å². The molecule has 12 heteroatoms. The summed E-state index contributed by atoms with van der Waals surface area (Å²) in [4.78, 5) is 35.4. The van der Waals surface area contributed by atoms with Gasteiger partial charge in [-0.2, -0.15) is 5.10 Å². The molecule has 0 unspecified atom stereocenters. The summed E-state index contributed by atoms with van der Waals surface area (Å²) in [6.45, 7) is 6.72. The number of hydrogen-bond acceptors (Lipinski definition) is 6. The maximum absolute atomic E-state index is 13.9. The summed E-state index contributed by atoms with van der Waals surface area (Å²) in [5.74, 6) is -0.316. The Morgan fingerprint density at radius 3 is 2.54 bits per heavy atom. The number of carbonyl (C=O) groups excluding carboxylic acids is 2. The van der Waals surface area contributed by atoms with E-state index in [9.17, 15) is 13.8 Å². The van der Waals surface area contributed by atoms with Crippen molar-refractivity contribution in [3.05, 3.63) is 74.7 Å². The standard InChI is InChI=1S/C27H30Cl2N6O3S/c1-15-10-23-20(14-33(15)26(36)18-6-8-21(28)22(29)11-18)25-27(37)34(13-16(2)35(25)32-23)17(3)19-7-9-24(31-12-19)39(5,38)30-4/h6-9,11-12,15-17H,10,13-14H2,1-5H3/t15-,16-,17-,39-/m1/s1. The van der Waals surface area contributed by atoms with Crippen LogP contribution in [0, 0.1) is 0 Å². The molecule has 0 N–H and O–H groups in total. The lowest BCUT2D eigenvalue weighted by atomic mass is 9.96. The molecule has 5 rings (SSSR count). The van der Waals surface area contributed by atoms with Crippen LogP contribution in [0.25, 0.3) is 0 Å². The molecular formula is C27H30Cl2N6O3S. The van der Waals surface area contributed by atoms with E-state index in [-0.39, 0.29) is 36.5 Å². The fourth-order valence-corrected chi connectivity index (χ4v) is 6.28. The number of rotatable bonds is 4. The van der Waals surface area contributed by atoms with Crippen LogP contribution in [0.15, 0.2) is 45.9 Å². The van der Waals surface area contributed by atoms with Crippen molar-refractivity contribution in [2.24, 2.45) is 4.36 Å². The van der Waals surface area contributed by atoms with Crippen LogP contribution in [-0.4, -0.2) is 66.5 Å². The molecular weight excluding hydrogens is 559 g/mol. The zero-order valence-corrected chi connectivity index (χ0v) is 24.7. The van der Waals surface area contributed by atoms with E-state index in [0.717, 1.165) is 16.8 Å². The highest BCUT2D eigenvalue weighted by atomic mass is 35.5. The van der Waals surface area contributed by atoms with E-state index in [1.807, 2.05) is 36.4 Å².